The van der Waals surface area contributed by atoms with Gasteiger partial charge in [0, 0.05) is 46.0 Å². The topological polar surface area (TPSA) is 65.8 Å². The highest BCUT2D eigenvalue weighted by Gasteiger charge is 2.28. The fourth-order valence-electron chi connectivity index (χ4n) is 2.58. The highest BCUT2D eigenvalue weighted by Crippen LogP contribution is 2.20. The van der Waals surface area contributed by atoms with E-state index in [1.807, 2.05) is 20.8 Å². The molecule has 1 amide bonds. The first-order valence-electron chi connectivity index (χ1n) is 8.05. The minimum atomic E-state index is -0.397. The van der Waals surface area contributed by atoms with Crippen LogP contribution in [0, 0.1) is 5.41 Å². The number of nitrogens with zero attached hydrogens (tertiary/aromatic N) is 3. The number of aromatic nitrogens is 1. The highest BCUT2D eigenvalue weighted by molar-refractivity contribution is 5.93. The van der Waals surface area contributed by atoms with E-state index in [1.165, 1.54) is 4.57 Å². The van der Waals surface area contributed by atoms with E-state index in [4.69, 9.17) is 0 Å². The van der Waals surface area contributed by atoms with Gasteiger partial charge < -0.3 is 14.6 Å². The van der Waals surface area contributed by atoms with Gasteiger partial charge in [0.15, 0.2) is 0 Å². The third-order valence-corrected chi connectivity index (χ3v) is 4.44. The standard InChI is InChI=1S/C17H27N3O3/c1-17(2,3)14(21)12-19-8-10-20(11-9-19)16(23)13-6-5-7-18(4)15(13)22/h5-7,14,21H,8-12H2,1-4H3/t14-/m0/s1. The van der Waals surface area contributed by atoms with Crippen LogP contribution >= 0.6 is 0 Å². The zero-order valence-electron chi connectivity index (χ0n) is 14.5. The molecule has 0 aliphatic carbocycles. The number of carbonyl (C=O) groups excluding carboxylic acids is 1. The lowest BCUT2D eigenvalue weighted by Crippen LogP contribution is -2.52. The summed E-state index contributed by atoms with van der Waals surface area (Å²) in [4.78, 5) is 28.4. The maximum Gasteiger partial charge on any atom is 0.263 e. The molecule has 1 fully saturated rings. The Balaban J connectivity index is 1.95. The number of hydrogen-bond donors (Lipinski definition) is 1. The monoisotopic (exact) mass is 321 g/mol. The van der Waals surface area contributed by atoms with Crippen molar-refractivity contribution in [3.05, 3.63) is 34.2 Å². The Morgan fingerprint density at radius 3 is 2.43 bits per heavy atom. The van der Waals surface area contributed by atoms with Crippen molar-refractivity contribution in [2.24, 2.45) is 12.5 Å². The number of aliphatic hydroxyl groups is 1. The smallest absolute Gasteiger partial charge is 0.263 e. The lowest BCUT2D eigenvalue weighted by molar-refractivity contribution is 0.0136. The number of piperazine rings is 1. The normalized spacial score (nSPS) is 18.0. The molecule has 0 bridgehead atoms. The van der Waals surface area contributed by atoms with E-state index in [9.17, 15) is 14.7 Å². The summed E-state index contributed by atoms with van der Waals surface area (Å²) in [5.41, 5.74) is -0.190. The number of β-amino-alcohol motifs (C(OH)–C–C–N with tert-alkyl or cyclic N) is 1. The average Bonchev–Trinajstić information content (AvgIpc) is 2.49. The molecule has 23 heavy (non-hydrogen) atoms. The molecule has 0 spiro atoms. The third-order valence-electron chi connectivity index (χ3n) is 4.44. The van der Waals surface area contributed by atoms with Crippen molar-refractivity contribution >= 4 is 5.91 Å². The molecule has 0 radical (unpaired) electrons. The number of aryl methyl sites for hydroxylation is 1. The van der Waals surface area contributed by atoms with Crippen molar-refractivity contribution in [1.82, 2.24) is 14.4 Å². The minimum Gasteiger partial charge on any atom is -0.391 e. The van der Waals surface area contributed by atoms with Crippen LogP contribution in [0.25, 0.3) is 0 Å². The fraction of sp³-hybridized carbons (Fsp3) is 0.647. The molecule has 0 unspecified atom stereocenters. The van der Waals surface area contributed by atoms with Gasteiger partial charge >= 0.3 is 0 Å². The maximum absolute atomic E-state index is 12.5. The summed E-state index contributed by atoms with van der Waals surface area (Å²) < 4.78 is 1.42. The highest BCUT2D eigenvalue weighted by atomic mass is 16.3. The summed E-state index contributed by atoms with van der Waals surface area (Å²) in [6.07, 6.45) is 1.25. The Labute approximate surface area is 137 Å². The van der Waals surface area contributed by atoms with Gasteiger partial charge in [0.2, 0.25) is 0 Å². The van der Waals surface area contributed by atoms with Gasteiger partial charge in [-0.15, -0.1) is 0 Å². The van der Waals surface area contributed by atoms with Crippen LogP contribution in [0.3, 0.4) is 0 Å². The molecule has 0 saturated carbocycles. The van der Waals surface area contributed by atoms with Gasteiger partial charge in [0.1, 0.15) is 5.56 Å². The van der Waals surface area contributed by atoms with E-state index in [2.05, 4.69) is 4.90 Å². The summed E-state index contributed by atoms with van der Waals surface area (Å²) in [5, 5.41) is 10.2. The van der Waals surface area contributed by atoms with Crippen LogP contribution in [0.2, 0.25) is 0 Å². The van der Waals surface area contributed by atoms with E-state index < -0.39 is 6.10 Å². The number of pyridine rings is 1. The fourth-order valence-corrected chi connectivity index (χ4v) is 2.58. The van der Waals surface area contributed by atoms with Crippen molar-refractivity contribution < 1.29 is 9.90 Å². The van der Waals surface area contributed by atoms with Crippen molar-refractivity contribution in [2.45, 2.75) is 26.9 Å². The molecule has 1 aliphatic heterocycles. The molecule has 0 aromatic carbocycles. The summed E-state index contributed by atoms with van der Waals surface area (Å²) in [6, 6.07) is 3.30. The lowest BCUT2D eigenvalue weighted by atomic mass is 9.89. The third kappa shape index (κ3) is 4.20. The first-order valence-corrected chi connectivity index (χ1v) is 8.05. The number of rotatable bonds is 3. The predicted octanol–water partition coefficient (Wildman–Crippen LogP) is 0.550. The summed E-state index contributed by atoms with van der Waals surface area (Å²) in [5.74, 6) is -0.206. The van der Waals surface area contributed by atoms with E-state index >= 15 is 0 Å². The molecule has 2 rings (SSSR count). The van der Waals surface area contributed by atoms with Crippen LogP contribution in [0.15, 0.2) is 23.1 Å². The molecule has 1 atom stereocenters. The van der Waals surface area contributed by atoms with Crippen LogP contribution in [0.1, 0.15) is 31.1 Å². The number of amides is 1. The minimum absolute atomic E-state index is 0.150. The summed E-state index contributed by atoms with van der Waals surface area (Å²) >= 11 is 0. The Morgan fingerprint density at radius 1 is 1.26 bits per heavy atom. The van der Waals surface area contributed by atoms with Gasteiger partial charge in [0.05, 0.1) is 6.10 Å². The second kappa shape index (κ2) is 6.84. The quantitative estimate of drug-likeness (QED) is 0.883. The van der Waals surface area contributed by atoms with E-state index in [-0.39, 0.29) is 22.4 Å². The van der Waals surface area contributed by atoms with Gasteiger partial charge in [-0.1, -0.05) is 20.8 Å². The SMILES string of the molecule is Cn1cccc(C(=O)N2CCN(C[C@H](O)C(C)(C)C)CC2)c1=O. The van der Waals surface area contributed by atoms with Crippen LogP contribution in [0.4, 0.5) is 0 Å². The molecule has 6 heteroatoms. The second-order valence-electron chi connectivity index (χ2n) is 7.31. The first-order chi connectivity index (χ1) is 10.7. The number of aliphatic hydroxyl groups excluding tert-OH is 1. The van der Waals surface area contributed by atoms with Gasteiger partial charge in [0.25, 0.3) is 11.5 Å². The van der Waals surface area contributed by atoms with Crippen LogP contribution in [-0.4, -0.2) is 64.2 Å². The predicted molar refractivity (Wildman–Crippen MR) is 89.5 cm³/mol. The second-order valence-corrected chi connectivity index (χ2v) is 7.31. The molecular weight excluding hydrogens is 294 g/mol. The Bertz CT molecular complexity index is 610. The lowest BCUT2D eigenvalue weighted by Gasteiger charge is -2.37. The molecule has 1 aromatic rings. The molecule has 2 heterocycles. The van der Waals surface area contributed by atoms with Gasteiger partial charge in [-0.3, -0.25) is 14.5 Å². The van der Waals surface area contributed by atoms with Crippen LogP contribution in [0.5, 0.6) is 0 Å². The molecule has 128 valence electrons. The zero-order chi connectivity index (χ0) is 17.2. The largest absolute Gasteiger partial charge is 0.391 e. The molecule has 6 nitrogen and oxygen atoms in total. The van der Waals surface area contributed by atoms with Crippen molar-refractivity contribution in [1.29, 1.82) is 0 Å². The van der Waals surface area contributed by atoms with Crippen molar-refractivity contribution in [3.63, 3.8) is 0 Å². The summed E-state index contributed by atoms with van der Waals surface area (Å²) in [6.45, 7) is 9.24. The van der Waals surface area contributed by atoms with E-state index in [0.717, 1.165) is 0 Å². The zero-order valence-corrected chi connectivity index (χ0v) is 14.5. The average molecular weight is 321 g/mol. The van der Waals surface area contributed by atoms with E-state index in [0.29, 0.717) is 32.7 Å². The van der Waals surface area contributed by atoms with Crippen LogP contribution < -0.4 is 5.56 Å². The molecule has 1 saturated heterocycles. The van der Waals surface area contributed by atoms with Gasteiger partial charge in [-0.05, 0) is 17.5 Å². The Morgan fingerprint density at radius 2 is 1.87 bits per heavy atom. The van der Waals surface area contributed by atoms with Crippen molar-refractivity contribution in [2.75, 3.05) is 32.7 Å². The number of carbonyl (C=O) groups is 1. The molecule has 1 aromatic heterocycles. The molecule has 1 aliphatic rings. The molecule has 1 N–H and O–H groups in total. The summed E-state index contributed by atoms with van der Waals surface area (Å²) in [7, 11) is 1.64. The van der Waals surface area contributed by atoms with Gasteiger partial charge in [-0.2, -0.15) is 0 Å². The Hall–Kier alpha value is -1.66. The van der Waals surface area contributed by atoms with Gasteiger partial charge in [-0.25, -0.2) is 0 Å². The number of hydrogen-bond acceptors (Lipinski definition) is 4. The first kappa shape index (κ1) is 17.7. The molecular formula is C17H27N3O3. The van der Waals surface area contributed by atoms with Crippen molar-refractivity contribution in [3.8, 4) is 0 Å². The van der Waals surface area contributed by atoms with Crippen LogP contribution in [-0.2, 0) is 7.05 Å². The maximum atomic E-state index is 12.5. The Kier molecular flexibility index (Phi) is 5.26. The van der Waals surface area contributed by atoms with E-state index in [1.54, 1.807) is 30.3 Å².